The summed E-state index contributed by atoms with van der Waals surface area (Å²) in [5.74, 6) is 0.818. The van der Waals surface area contributed by atoms with Gasteiger partial charge < -0.3 is 14.7 Å². The average molecular weight is 258 g/mol. The van der Waals surface area contributed by atoms with E-state index in [9.17, 15) is 5.11 Å². The summed E-state index contributed by atoms with van der Waals surface area (Å²) in [4.78, 5) is 6.26. The van der Waals surface area contributed by atoms with E-state index >= 15 is 0 Å². The molecule has 0 fully saturated rings. The molecule has 1 atom stereocenters. The second-order valence-electron chi connectivity index (χ2n) is 4.38. The fourth-order valence-corrected chi connectivity index (χ4v) is 1.81. The summed E-state index contributed by atoms with van der Waals surface area (Å²) in [6, 6.07) is 11.6. The number of nitrogens with zero attached hydrogens (tertiary/aromatic N) is 2. The molecule has 0 spiro atoms. The molecule has 0 saturated carbocycles. The Morgan fingerprint density at radius 1 is 1.21 bits per heavy atom. The standard InChI is InChI=1S/C15H18N2O2/c1-11(18)15-8-7-13(10-16-15)17(2)12-5-4-6-14(9-12)19-3/h4-11,18H,1-3H3/t11-/m0/s1. The molecule has 0 aliphatic carbocycles. The number of pyridine rings is 1. The van der Waals surface area contributed by atoms with Gasteiger partial charge in [-0.15, -0.1) is 0 Å². The molecule has 4 nitrogen and oxygen atoms in total. The van der Waals surface area contributed by atoms with E-state index in [1.54, 1.807) is 20.2 Å². The summed E-state index contributed by atoms with van der Waals surface area (Å²) in [6.07, 6.45) is 1.21. The smallest absolute Gasteiger partial charge is 0.120 e. The second kappa shape index (κ2) is 5.71. The number of hydrogen-bond donors (Lipinski definition) is 1. The van der Waals surface area contributed by atoms with E-state index in [2.05, 4.69) is 4.98 Å². The summed E-state index contributed by atoms with van der Waals surface area (Å²) < 4.78 is 5.22. The Bertz CT molecular complexity index is 538. The van der Waals surface area contributed by atoms with Gasteiger partial charge in [0, 0.05) is 18.8 Å². The van der Waals surface area contributed by atoms with Gasteiger partial charge in [0.05, 0.1) is 30.8 Å². The Hall–Kier alpha value is -2.07. The van der Waals surface area contributed by atoms with E-state index in [1.807, 2.05) is 48.3 Å². The molecule has 4 heteroatoms. The third kappa shape index (κ3) is 3.03. The number of rotatable bonds is 4. The van der Waals surface area contributed by atoms with Crippen LogP contribution in [0.25, 0.3) is 0 Å². The molecule has 1 heterocycles. The van der Waals surface area contributed by atoms with Gasteiger partial charge >= 0.3 is 0 Å². The first-order valence-corrected chi connectivity index (χ1v) is 6.13. The third-order valence-electron chi connectivity index (χ3n) is 3.03. The van der Waals surface area contributed by atoms with Crippen molar-refractivity contribution < 1.29 is 9.84 Å². The number of benzene rings is 1. The Labute approximate surface area is 113 Å². The number of ether oxygens (including phenoxy) is 1. The SMILES string of the molecule is COc1cccc(N(C)c2ccc([C@H](C)O)nc2)c1. The maximum Gasteiger partial charge on any atom is 0.120 e. The lowest BCUT2D eigenvalue weighted by Crippen LogP contribution is -2.10. The van der Waals surface area contributed by atoms with Crippen LogP contribution < -0.4 is 9.64 Å². The summed E-state index contributed by atoms with van der Waals surface area (Å²) >= 11 is 0. The molecular formula is C15H18N2O2. The molecule has 0 bridgehead atoms. The van der Waals surface area contributed by atoms with Crippen LogP contribution in [0.3, 0.4) is 0 Å². The number of hydrogen-bond acceptors (Lipinski definition) is 4. The van der Waals surface area contributed by atoms with Gasteiger partial charge in [-0.25, -0.2) is 0 Å². The van der Waals surface area contributed by atoms with Crippen LogP contribution in [-0.4, -0.2) is 24.2 Å². The molecule has 19 heavy (non-hydrogen) atoms. The lowest BCUT2D eigenvalue weighted by Gasteiger charge is -2.20. The first-order valence-electron chi connectivity index (χ1n) is 6.13. The molecule has 0 radical (unpaired) electrons. The summed E-state index contributed by atoms with van der Waals surface area (Å²) in [5.41, 5.74) is 2.64. The van der Waals surface area contributed by atoms with Crippen molar-refractivity contribution in [2.45, 2.75) is 13.0 Å². The second-order valence-corrected chi connectivity index (χ2v) is 4.38. The molecule has 0 saturated heterocycles. The first-order chi connectivity index (χ1) is 9.11. The molecule has 100 valence electrons. The predicted octanol–water partition coefficient (Wildman–Crippen LogP) is 2.91. The van der Waals surface area contributed by atoms with Crippen molar-refractivity contribution >= 4 is 11.4 Å². The number of aromatic nitrogens is 1. The van der Waals surface area contributed by atoms with E-state index in [0.29, 0.717) is 5.69 Å². The molecule has 1 aromatic carbocycles. The van der Waals surface area contributed by atoms with Crippen molar-refractivity contribution in [1.29, 1.82) is 0 Å². The number of aliphatic hydroxyl groups excluding tert-OH is 1. The van der Waals surface area contributed by atoms with Crippen LogP contribution >= 0.6 is 0 Å². The topological polar surface area (TPSA) is 45.6 Å². The van der Waals surface area contributed by atoms with Gasteiger partial charge in [-0.2, -0.15) is 0 Å². The van der Waals surface area contributed by atoms with E-state index in [0.717, 1.165) is 17.1 Å². The minimum atomic E-state index is -0.545. The van der Waals surface area contributed by atoms with Gasteiger partial charge in [-0.3, -0.25) is 4.98 Å². The monoisotopic (exact) mass is 258 g/mol. The van der Waals surface area contributed by atoms with Gasteiger partial charge in [0.25, 0.3) is 0 Å². The zero-order valence-corrected chi connectivity index (χ0v) is 11.4. The minimum absolute atomic E-state index is 0.545. The molecule has 0 amide bonds. The maximum atomic E-state index is 9.45. The molecule has 2 rings (SSSR count). The predicted molar refractivity (Wildman–Crippen MR) is 75.9 cm³/mol. The van der Waals surface area contributed by atoms with E-state index in [4.69, 9.17) is 4.74 Å². The number of methoxy groups -OCH3 is 1. The zero-order chi connectivity index (χ0) is 13.8. The van der Waals surface area contributed by atoms with Crippen LogP contribution in [-0.2, 0) is 0 Å². The Kier molecular flexibility index (Phi) is 4.02. The van der Waals surface area contributed by atoms with Crippen LogP contribution in [0.15, 0.2) is 42.6 Å². The van der Waals surface area contributed by atoms with Crippen molar-refractivity contribution in [3.8, 4) is 5.75 Å². The molecule has 1 N–H and O–H groups in total. The maximum absolute atomic E-state index is 9.45. The summed E-state index contributed by atoms with van der Waals surface area (Å²) in [5, 5.41) is 9.45. The summed E-state index contributed by atoms with van der Waals surface area (Å²) in [7, 11) is 3.62. The van der Waals surface area contributed by atoms with Crippen molar-refractivity contribution in [2.24, 2.45) is 0 Å². The molecule has 0 unspecified atom stereocenters. The zero-order valence-electron chi connectivity index (χ0n) is 11.4. The van der Waals surface area contributed by atoms with Gasteiger partial charge in [-0.1, -0.05) is 6.07 Å². The molecular weight excluding hydrogens is 240 g/mol. The molecule has 1 aromatic heterocycles. The van der Waals surface area contributed by atoms with Crippen molar-refractivity contribution in [2.75, 3.05) is 19.1 Å². The Morgan fingerprint density at radius 3 is 2.58 bits per heavy atom. The van der Waals surface area contributed by atoms with Gasteiger partial charge in [0.1, 0.15) is 5.75 Å². The van der Waals surface area contributed by atoms with Crippen LogP contribution in [0.1, 0.15) is 18.7 Å². The normalized spacial score (nSPS) is 12.0. The fraction of sp³-hybridized carbons (Fsp3) is 0.267. The highest BCUT2D eigenvalue weighted by atomic mass is 16.5. The van der Waals surface area contributed by atoms with E-state index < -0.39 is 6.10 Å². The Balaban J connectivity index is 2.25. The quantitative estimate of drug-likeness (QED) is 0.916. The van der Waals surface area contributed by atoms with Crippen LogP contribution in [0, 0.1) is 0 Å². The van der Waals surface area contributed by atoms with Crippen molar-refractivity contribution in [3.05, 3.63) is 48.3 Å². The average Bonchev–Trinajstić information content (AvgIpc) is 2.46. The Morgan fingerprint density at radius 2 is 2.00 bits per heavy atom. The van der Waals surface area contributed by atoms with Crippen molar-refractivity contribution in [1.82, 2.24) is 4.98 Å². The number of anilines is 2. The van der Waals surface area contributed by atoms with Crippen LogP contribution in [0.2, 0.25) is 0 Å². The number of aliphatic hydroxyl groups is 1. The summed E-state index contributed by atoms with van der Waals surface area (Å²) in [6.45, 7) is 1.70. The van der Waals surface area contributed by atoms with Gasteiger partial charge in [0.15, 0.2) is 0 Å². The highest BCUT2D eigenvalue weighted by Crippen LogP contribution is 2.26. The van der Waals surface area contributed by atoms with Crippen LogP contribution in [0.5, 0.6) is 5.75 Å². The molecule has 0 aliphatic rings. The van der Waals surface area contributed by atoms with Crippen molar-refractivity contribution in [3.63, 3.8) is 0 Å². The van der Waals surface area contributed by atoms with E-state index in [-0.39, 0.29) is 0 Å². The highest BCUT2D eigenvalue weighted by Gasteiger charge is 2.07. The van der Waals surface area contributed by atoms with Gasteiger partial charge in [0.2, 0.25) is 0 Å². The fourth-order valence-electron chi connectivity index (χ4n) is 1.81. The molecule has 0 aliphatic heterocycles. The first kappa shape index (κ1) is 13.4. The minimum Gasteiger partial charge on any atom is -0.497 e. The lowest BCUT2D eigenvalue weighted by molar-refractivity contribution is 0.194. The third-order valence-corrected chi connectivity index (χ3v) is 3.03. The van der Waals surface area contributed by atoms with E-state index in [1.165, 1.54) is 0 Å². The lowest BCUT2D eigenvalue weighted by atomic mass is 10.2. The highest BCUT2D eigenvalue weighted by molar-refractivity contribution is 5.63. The van der Waals surface area contributed by atoms with Crippen LogP contribution in [0.4, 0.5) is 11.4 Å². The van der Waals surface area contributed by atoms with Gasteiger partial charge in [-0.05, 0) is 31.2 Å². The largest absolute Gasteiger partial charge is 0.497 e. The molecule has 2 aromatic rings.